The maximum absolute atomic E-state index is 12.3. The van der Waals surface area contributed by atoms with E-state index in [4.69, 9.17) is 0 Å². The first-order valence-corrected chi connectivity index (χ1v) is 8.73. The van der Waals surface area contributed by atoms with Gasteiger partial charge < -0.3 is 5.32 Å². The Morgan fingerprint density at radius 3 is 2.95 bits per heavy atom. The Morgan fingerprint density at radius 1 is 1.47 bits per heavy atom. The molecule has 0 aliphatic carbocycles. The molecular weight excluding hydrogens is 328 g/mol. The van der Waals surface area contributed by atoms with Crippen molar-refractivity contribution in [2.24, 2.45) is 5.92 Å². The molecule has 0 radical (unpaired) electrons. The molecule has 1 aliphatic rings. The normalized spacial score (nSPS) is 20.4. The maximum Gasteiger partial charge on any atom is 0.240 e. The van der Waals surface area contributed by atoms with Gasteiger partial charge in [0, 0.05) is 11.0 Å². The number of aryl methyl sites for hydroxylation is 1. The summed E-state index contributed by atoms with van der Waals surface area (Å²) in [6, 6.07) is 5.30. The maximum atomic E-state index is 12.3. The molecule has 1 saturated heterocycles. The van der Waals surface area contributed by atoms with Crippen molar-refractivity contribution in [1.29, 1.82) is 0 Å². The lowest BCUT2D eigenvalue weighted by atomic mass is 10.0. The molecule has 0 saturated carbocycles. The summed E-state index contributed by atoms with van der Waals surface area (Å²) in [7, 11) is -3.42. The second kappa shape index (κ2) is 6.35. The highest BCUT2D eigenvalue weighted by molar-refractivity contribution is 9.10. The predicted octanol–water partition coefficient (Wildman–Crippen LogP) is 2.04. The largest absolute Gasteiger partial charge is 0.316 e. The molecule has 2 rings (SSSR count). The SMILES string of the molecule is Cc1ccc(Br)cc1S(=O)(=O)NC[C@H]1CCCNC1. The molecule has 1 aromatic rings. The van der Waals surface area contributed by atoms with E-state index in [9.17, 15) is 8.42 Å². The summed E-state index contributed by atoms with van der Waals surface area (Å²) in [5, 5.41) is 3.29. The fraction of sp³-hybridized carbons (Fsp3) is 0.538. The Bertz CT molecular complexity index is 540. The van der Waals surface area contributed by atoms with Crippen molar-refractivity contribution in [1.82, 2.24) is 10.0 Å². The molecule has 0 amide bonds. The summed E-state index contributed by atoms with van der Waals surface area (Å²) in [6.45, 7) is 4.23. The lowest BCUT2D eigenvalue weighted by Crippen LogP contribution is -2.38. The lowest BCUT2D eigenvalue weighted by molar-refractivity contribution is 0.376. The molecule has 1 aromatic carbocycles. The van der Waals surface area contributed by atoms with E-state index in [1.54, 1.807) is 12.1 Å². The first kappa shape index (κ1) is 15.0. The Labute approximate surface area is 123 Å². The van der Waals surface area contributed by atoms with Gasteiger partial charge in [0.2, 0.25) is 10.0 Å². The van der Waals surface area contributed by atoms with Crippen molar-refractivity contribution < 1.29 is 8.42 Å². The van der Waals surface area contributed by atoms with Crippen LogP contribution in [0.5, 0.6) is 0 Å². The van der Waals surface area contributed by atoms with Crippen LogP contribution in [-0.4, -0.2) is 28.1 Å². The summed E-state index contributed by atoms with van der Waals surface area (Å²) in [4.78, 5) is 0.352. The molecule has 19 heavy (non-hydrogen) atoms. The predicted molar refractivity (Wildman–Crippen MR) is 79.7 cm³/mol. The quantitative estimate of drug-likeness (QED) is 0.876. The molecule has 0 spiro atoms. The van der Waals surface area contributed by atoms with Gasteiger partial charge in [-0.05, 0) is 56.5 Å². The Hall–Kier alpha value is -0.430. The Balaban J connectivity index is 2.07. The number of benzene rings is 1. The number of sulfonamides is 1. The third kappa shape index (κ3) is 4.02. The highest BCUT2D eigenvalue weighted by Gasteiger charge is 2.20. The molecule has 0 bridgehead atoms. The summed E-state index contributed by atoms with van der Waals surface area (Å²) in [5.41, 5.74) is 0.762. The van der Waals surface area contributed by atoms with Gasteiger partial charge in [-0.25, -0.2) is 13.1 Å². The number of halogens is 1. The molecule has 1 aliphatic heterocycles. The molecule has 2 N–H and O–H groups in total. The third-order valence-electron chi connectivity index (χ3n) is 3.40. The summed E-state index contributed by atoms with van der Waals surface area (Å²) >= 11 is 3.31. The zero-order chi connectivity index (χ0) is 13.9. The summed E-state index contributed by atoms with van der Waals surface area (Å²) in [6.07, 6.45) is 2.19. The van der Waals surface area contributed by atoms with Crippen molar-refractivity contribution in [3.8, 4) is 0 Å². The van der Waals surface area contributed by atoms with Gasteiger partial charge in [0.15, 0.2) is 0 Å². The zero-order valence-corrected chi connectivity index (χ0v) is 13.4. The van der Waals surface area contributed by atoms with Crippen LogP contribution in [-0.2, 0) is 10.0 Å². The van der Waals surface area contributed by atoms with Crippen LogP contribution in [0, 0.1) is 12.8 Å². The van der Waals surface area contributed by atoms with Crippen LogP contribution in [0.15, 0.2) is 27.6 Å². The van der Waals surface area contributed by atoms with Gasteiger partial charge >= 0.3 is 0 Å². The smallest absolute Gasteiger partial charge is 0.240 e. The third-order valence-corrected chi connectivity index (χ3v) is 5.46. The number of hydrogen-bond donors (Lipinski definition) is 2. The van der Waals surface area contributed by atoms with E-state index < -0.39 is 10.0 Å². The first-order chi connectivity index (χ1) is 8.99. The second-order valence-corrected chi connectivity index (χ2v) is 7.63. The molecule has 1 atom stereocenters. The fourth-order valence-electron chi connectivity index (χ4n) is 2.27. The average Bonchev–Trinajstić information content (AvgIpc) is 2.40. The van der Waals surface area contributed by atoms with Crippen LogP contribution < -0.4 is 10.0 Å². The highest BCUT2D eigenvalue weighted by atomic mass is 79.9. The van der Waals surface area contributed by atoms with Crippen LogP contribution in [0.25, 0.3) is 0 Å². The van der Waals surface area contributed by atoms with E-state index in [0.717, 1.165) is 36.0 Å². The van der Waals surface area contributed by atoms with Crippen molar-refractivity contribution >= 4 is 26.0 Å². The van der Waals surface area contributed by atoms with Crippen LogP contribution >= 0.6 is 15.9 Å². The first-order valence-electron chi connectivity index (χ1n) is 6.45. The molecule has 4 nitrogen and oxygen atoms in total. The average molecular weight is 347 g/mol. The topological polar surface area (TPSA) is 58.2 Å². The molecular formula is C13H19BrN2O2S. The molecule has 106 valence electrons. The summed E-state index contributed by atoms with van der Waals surface area (Å²) in [5.74, 6) is 0.385. The van der Waals surface area contributed by atoms with Crippen LogP contribution in [0.1, 0.15) is 18.4 Å². The van der Waals surface area contributed by atoms with Crippen LogP contribution in [0.3, 0.4) is 0 Å². The van der Waals surface area contributed by atoms with Crippen molar-refractivity contribution in [3.63, 3.8) is 0 Å². The highest BCUT2D eigenvalue weighted by Crippen LogP contribution is 2.20. The van der Waals surface area contributed by atoms with Gasteiger partial charge in [0.1, 0.15) is 0 Å². The number of nitrogens with one attached hydrogen (secondary N) is 2. The fourth-order valence-corrected chi connectivity index (χ4v) is 4.16. The van der Waals surface area contributed by atoms with Gasteiger partial charge in [0.25, 0.3) is 0 Å². The van der Waals surface area contributed by atoms with Gasteiger partial charge in [-0.1, -0.05) is 22.0 Å². The minimum atomic E-state index is -3.42. The second-order valence-electron chi connectivity index (χ2n) is 4.97. The van der Waals surface area contributed by atoms with Gasteiger partial charge in [0.05, 0.1) is 4.90 Å². The van der Waals surface area contributed by atoms with Gasteiger partial charge in [-0.2, -0.15) is 0 Å². The lowest BCUT2D eigenvalue weighted by Gasteiger charge is -2.23. The van der Waals surface area contributed by atoms with E-state index in [1.165, 1.54) is 0 Å². The standard InChI is InChI=1S/C13H19BrN2O2S/c1-10-4-5-12(14)7-13(10)19(17,18)16-9-11-3-2-6-15-8-11/h4-5,7,11,15-16H,2-3,6,8-9H2,1H3/t11-/m0/s1. The van der Waals surface area contributed by atoms with Gasteiger partial charge in [-0.3, -0.25) is 0 Å². The van der Waals surface area contributed by atoms with E-state index in [0.29, 0.717) is 17.4 Å². The van der Waals surface area contributed by atoms with Crippen molar-refractivity contribution in [2.75, 3.05) is 19.6 Å². The van der Waals surface area contributed by atoms with Crippen LogP contribution in [0.2, 0.25) is 0 Å². The Kier molecular flexibility index (Phi) is 5.00. The molecule has 1 heterocycles. The molecule has 0 aromatic heterocycles. The minimum Gasteiger partial charge on any atom is -0.316 e. The number of rotatable bonds is 4. The molecule has 0 unspecified atom stereocenters. The van der Waals surface area contributed by atoms with Crippen molar-refractivity contribution in [2.45, 2.75) is 24.7 Å². The molecule has 1 fully saturated rings. The summed E-state index contributed by atoms with van der Waals surface area (Å²) < 4.78 is 28.1. The zero-order valence-electron chi connectivity index (χ0n) is 10.9. The van der Waals surface area contributed by atoms with Gasteiger partial charge in [-0.15, -0.1) is 0 Å². The Morgan fingerprint density at radius 2 is 2.26 bits per heavy atom. The molecule has 6 heteroatoms. The van der Waals surface area contributed by atoms with E-state index >= 15 is 0 Å². The minimum absolute atomic E-state index is 0.352. The number of hydrogen-bond acceptors (Lipinski definition) is 3. The number of piperidine rings is 1. The van der Waals surface area contributed by atoms with Crippen LogP contribution in [0.4, 0.5) is 0 Å². The van der Waals surface area contributed by atoms with E-state index in [-0.39, 0.29) is 0 Å². The van der Waals surface area contributed by atoms with Crippen molar-refractivity contribution in [3.05, 3.63) is 28.2 Å². The van der Waals surface area contributed by atoms with E-state index in [1.807, 2.05) is 13.0 Å². The monoisotopic (exact) mass is 346 g/mol. The van der Waals surface area contributed by atoms with E-state index in [2.05, 4.69) is 26.0 Å².